The Kier molecular flexibility index (Phi) is 5.04. The van der Waals surface area contributed by atoms with E-state index in [1.165, 1.54) is 0 Å². The molecular weight excluding hydrogens is 305 g/mol. The van der Waals surface area contributed by atoms with Gasteiger partial charge in [-0.1, -0.05) is 0 Å². The van der Waals surface area contributed by atoms with Crippen molar-refractivity contribution >= 4 is 28.5 Å². The average Bonchev–Trinajstić information content (AvgIpc) is 2.18. The standard InChI is InChI=1S/C11H14INO2/c1-8(6-7-14)13-11(15)9-2-4-10(12)5-3-9/h2-5,8,14H,6-7H2,1H3,(H,13,15). The van der Waals surface area contributed by atoms with E-state index in [-0.39, 0.29) is 18.6 Å². The second-order valence-electron chi connectivity index (χ2n) is 3.39. The van der Waals surface area contributed by atoms with Crippen molar-refractivity contribution < 1.29 is 9.90 Å². The number of amides is 1. The monoisotopic (exact) mass is 319 g/mol. The molecule has 1 unspecified atom stereocenters. The average molecular weight is 319 g/mol. The first-order chi connectivity index (χ1) is 7.13. The number of halogens is 1. The molecule has 1 atom stereocenters. The molecule has 0 aliphatic carbocycles. The van der Waals surface area contributed by atoms with Gasteiger partial charge >= 0.3 is 0 Å². The molecule has 3 nitrogen and oxygen atoms in total. The first-order valence-corrected chi connectivity index (χ1v) is 5.88. The molecule has 0 saturated carbocycles. The summed E-state index contributed by atoms with van der Waals surface area (Å²) in [5.74, 6) is -0.0904. The van der Waals surface area contributed by atoms with Gasteiger partial charge < -0.3 is 10.4 Å². The van der Waals surface area contributed by atoms with Crippen LogP contribution in [0.2, 0.25) is 0 Å². The third kappa shape index (κ3) is 4.17. The minimum Gasteiger partial charge on any atom is -0.396 e. The molecule has 1 aromatic rings. The predicted molar refractivity (Wildman–Crippen MR) is 67.8 cm³/mol. The van der Waals surface area contributed by atoms with Gasteiger partial charge in [-0.15, -0.1) is 0 Å². The maximum absolute atomic E-state index is 11.6. The molecular formula is C11H14INO2. The highest BCUT2D eigenvalue weighted by Crippen LogP contribution is 2.07. The van der Waals surface area contributed by atoms with Crippen molar-refractivity contribution in [3.63, 3.8) is 0 Å². The van der Waals surface area contributed by atoms with E-state index in [2.05, 4.69) is 27.9 Å². The minimum atomic E-state index is -0.0904. The number of benzene rings is 1. The molecule has 82 valence electrons. The van der Waals surface area contributed by atoms with Gasteiger partial charge in [0.05, 0.1) is 0 Å². The van der Waals surface area contributed by atoms with Crippen molar-refractivity contribution in [3.05, 3.63) is 33.4 Å². The Morgan fingerprint density at radius 3 is 2.60 bits per heavy atom. The van der Waals surface area contributed by atoms with Crippen molar-refractivity contribution in [2.75, 3.05) is 6.61 Å². The topological polar surface area (TPSA) is 49.3 Å². The van der Waals surface area contributed by atoms with E-state index in [9.17, 15) is 4.79 Å². The fourth-order valence-corrected chi connectivity index (χ4v) is 1.53. The molecule has 0 aliphatic rings. The summed E-state index contributed by atoms with van der Waals surface area (Å²) in [6.07, 6.45) is 0.579. The van der Waals surface area contributed by atoms with Crippen LogP contribution in [0.1, 0.15) is 23.7 Å². The number of hydrogen-bond acceptors (Lipinski definition) is 2. The Morgan fingerprint density at radius 1 is 1.47 bits per heavy atom. The van der Waals surface area contributed by atoms with Crippen LogP contribution in [0.3, 0.4) is 0 Å². The number of carbonyl (C=O) groups excluding carboxylic acids is 1. The van der Waals surface area contributed by atoms with Crippen LogP contribution in [0.5, 0.6) is 0 Å². The van der Waals surface area contributed by atoms with Crippen molar-refractivity contribution in [1.82, 2.24) is 5.32 Å². The van der Waals surface area contributed by atoms with Gasteiger partial charge in [0.15, 0.2) is 0 Å². The van der Waals surface area contributed by atoms with Gasteiger partial charge in [-0.05, 0) is 60.2 Å². The zero-order chi connectivity index (χ0) is 11.3. The Hall–Kier alpha value is -0.620. The summed E-state index contributed by atoms with van der Waals surface area (Å²) >= 11 is 2.19. The smallest absolute Gasteiger partial charge is 0.251 e. The van der Waals surface area contributed by atoms with Gasteiger partial charge in [0.25, 0.3) is 5.91 Å². The first-order valence-electron chi connectivity index (χ1n) is 4.80. The fraction of sp³-hybridized carbons (Fsp3) is 0.364. The second-order valence-corrected chi connectivity index (χ2v) is 4.64. The molecule has 1 amide bonds. The minimum absolute atomic E-state index is 0.00165. The summed E-state index contributed by atoms with van der Waals surface area (Å²) in [5, 5.41) is 11.5. The van der Waals surface area contributed by atoms with Crippen LogP contribution in [0.25, 0.3) is 0 Å². The van der Waals surface area contributed by atoms with Crippen LogP contribution >= 0.6 is 22.6 Å². The van der Waals surface area contributed by atoms with Gasteiger partial charge in [-0.2, -0.15) is 0 Å². The van der Waals surface area contributed by atoms with Crippen molar-refractivity contribution in [3.8, 4) is 0 Å². The third-order valence-corrected chi connectivity index (χ3v) is 2.77. The Labute approximate surface area is 103 Å². The van der Waals surface area contributed by atoms with E-state index in [4.69, 9.17) is 5.11 Å². The summed E-state index contributed by atoms with van der Waals surface area (Å²) in [7, 11) is 0. The summed E-state index contributed by atoms with van der Waals surface area (Å²) in [4.78, 5) is 11.6. The molecule has 0 aliphatic heterocycles. The summed E-state index contributed by atoms with van der Waals surface area (Å²) < 4.78 is 1.10. The lowest BCUT2D eigenvalue weighted by molar-refractivity contribution is 0.0934. The molecule has 4 heteroatoms. The summed E-state index contributed by atoms with van der Waals surface area (Å²) in [5.41, 5.74) is 0.653. The van der Waals surface area contributed by atoms with Gasteiger partial charge in [0.2, 0.25) is 0 Å². The van der Waals surface area contributed by atoms with Crippen LogP contribution < -0.4 is 5.32 Å². The number of aliphatic hydroxyl groups excluding tert-OH is 1. The van der Waals surface area contributed by atoms with Crippen LogP contribution in [-0.2, 0) is 0 Å². The lowest BCUT2D eigenvalue weighted by Gasteiger charge is -2.12. The molecule has 0 saturated heterocycles. The number of hydrogen-bond donors (Lipinski definition) is 2. The van der Waals surface area contributed by atoms with Crippen molar-refractivity contribution in [2.24, 2.45) is 0 Å². The van der Waals surface area contributed by atoms with Crippen LogP contribution in [0.4, 0.5) is 0 Å². The number of rotatable bonds is 4. The maximum atomic E-state index is 11.6. The molecule has 0 radical (unpaired) electrons. The highest BCUT2D eigenvalue weighted by Gasteiger charge is 2.08. The van der Waals surface area contributed by atoms with Gasteiger partial charge in [0, 0.05) is 21.8 Å². The quantitative estimate of drug-likeness (QED) is 0.832. The highest BCUT2D eigenvalue weighted by atomic mass is 127. The van der Waals surface area contributed by atoms with Gasteiger partial charge in [0.1, 0.15) is 0 Å². The van der Waals surface area contributed by atoms with Crippen LogP contribution in [0, 0.1) is 3.57 Å². The predicted octanol–water partition coefficient (Wildman–Crippen LogP) is 1.79. The highest BCUT2D eigenvalue weighted by molar-refractivity contribution is 14.1. The van der Waals surface area contributed by atoms with Crippen LogP contribution in [-0.4, -0.2) is 23.7 Å². The fourth-order valence-electron chi connectivity index (χ4n) is 1.17. The number of carbonyl (C=O) groups is 1. The number of nitrogens with one attached hydrogen (secondary N) is 1. The van der Waals surface area contributed by atoms with Crippen LogP contribution in [0.15, 0.2) is 24.3 Å². The van der Waals surface area contributed by atoms with Gasteiger partial charge in [-0.3, -0.25) is 4.79 Å². The van der Waals surface area contributed by atoms with E-state index >= 15 is 0 Å². The molecule has 1 aromatic carbocycles. The summed E-state index contributed by atoms with van der Waals surface area (Å²) in [6, 6.07) is 7.38. The molecule has 2 N–H and O–H groups in total. The zero-order valence-corrected chi connectivity index (χ0v) is 10.7. The van der Waals surface area contributed by atoms with Crippen molar-refractivity contribution in [2.45, 2.75) is 19.4 Å². The SMILES string of the molecule is CC(CCO)NC(=O)c1ccc(I)cc1. The van der Waals surface area contributed by atoms with E-state index in [1.54, 1.807) is 12.1 Å². The zero-order valence-electron chi connectivity index (χ0n) is 8.53. The Balaban J connectivity index is 2.57. The normalized spacial score (nSPS) is 12.2. The Morgan fingerprint density at radius 2 is 2.07 bits per heavy atom. The van der Waals surface area contributed by atoms with Gasteiger partial charge in [-0.25, -0.2) is 0 Å². The lowest BCUT2D eigenvalue weighted by Crippen LogP contribution is -2.33. The largest absolute Gasteiger partial charge is 0.396 e. The molecule has 0 bridgehead atoms. The van der Waals surface area contributed by atoms with Crippen molar-refractivity contribution in [1.29, 1.82) is 0 Å². The molecule has 0 heterocycles. The van der Waals surface area contributed by atoms with E-state index in [0.717, 1.165) is 3.57 Å². The van der Waals surface area contributed by atoms with E-state index in [0.29, 0.717) is 12.0 Å². The molecule has 1 rings (SSSR count). The molecule has 0 aromatic heterocycles. The van der Waals surface area contributed by atoms with E-state index in [1.807, 2.05) is 19.1 Å². The number of aliphatic hydroxyl groups is 1. The maximum Gasteiger partial charge on any atom is 0.251 e. The first kappa shape index (κ1) is 12.4. The Bertz CT molecular complexity index is 324. The molecule has 0 fully saturated rings. The lowest BCUT2D eigenvalue weighted by atomic mass is 10.2. The third-order valence-electron chi connectivity index (χ3n) is 2.05. The van der Waals surface area contributed by atoms with E-state index < -0.39 is 0 Å². The summed E-state index contributed by atoms with van der Waals surface area (Å²) in [6.45, 7) is 1.97. The molecule has 0 spiro atoms. The molecule has 15 heavy (non-hydrogen) atoms. The second kappa shape index (κ2) is 6.07.